The molecule has 1 N–H and O–H groups in total. The Morgan fingerprint density at radius 3 is 2.93 bits per heavy atom. The van der Waals surface area contributed by atoms with Crippen molar-refractivity contribution in [3.8, 4) is 11.5 Å². The van der Waals surface area contributed by atoms with Crippen LogP contribution in [0.15, 0.2) is 23.4 Å². The summed E-state index contributed by atoms with van der Waals surface area (Å²) >= 11 is 1.37. The van der Waals surface area contributed by atoms with Gasteiger partial charge in [0.2, 0.25) is 6.79 Å². The van der Waals surface area contributed by atoms with Crippen molar-refractivity contribution in [1.82, 2.24) is 0 Å². The normalized spacial score (nSPS) is 14.5. The first-order valence-electron chi connectivity index (χ1n) is 4.01. The lowest BCUT2D eigenvalue weighted by atomic mass is 10.2. The van der Waals surface area contributed by atoms with Crippen molar-refractivity contribution < 1.29 is 14.7 Å². The minimum absolute atomic E-state index is 0.254. The summed E-state index contributed by atoms with van der Waals surface area (Å²) in [5.41, 5.74) is 0.823. The molecule has 1 aliphatic rings. The van der Waals surface area contributed by atoms with Crippen LogP contribution in [0.5, 0.6) is 11.5 Å². The fourth-order valence-corrected chi connectivity index (χ4v) is 1.69. The molecule has 0 radical (unpaired) electrons. The van der Waals surface area contributed by atoms with Crippen molar-refractivity contribution in [2.45, 2.75) is 0 Å². The maximum Gasteiger partial charge on any atom is 0.231 e. The van der Waals surface area contributed by atoms with Crippen molar-refractivity contribution in [1.29, 1.82) is 0 Å². The van der Waals surface area contributed by atoms with Gasteiger partial charge in [0.05, 0.1) is 0 Å². The molecule has 0 amide bonds. The Bertz CT molecular complexity index is 378. The lowest BCUT2D eigenvalue weighted by Gasteiger charge is -2.01. The van der Waals surface area contributed by atoms with Crippen LogP contribution < -0.4 is 9.47 Å². The van der Waals surface area contributed by atoms with Gasteiger partial charge in [0.25, 0.3) is 0 Å². The standard InChI is InChI=1S/C9H9NO3S/c1-14-9(10-11)6-2-3-7-8(4-6)13-5-12-7/h2-4,11H,5H2,1H3. The van der Waals surface area contributed by atoms with Crippen LogP contribution in [0.3, 0.4) is 0 Å². The van der Waals surface area contributed by atoms with Crippen LogP contribution in [0.4, 0.5) is 0 Å². The van der Waals surface area contributed by atoms with Gasteiger partial charge < -0.3 is 14.7 Å². The molecule has 0 fully saturated rings. The van der Waals surface area contributed by atoms with Gasteiger partial charge in [-0.2, -0.15) is 0 Å². The van der Waals surface area contributed by atoms with Crippen molar-refractivity contribution in [2.24, 2.45) is 5.16 Å². The Morgan fingerprint density at radius 2 is 2.21 bits per heavy atom. The molecule has 5 heteroatoms. The zero-order chi connectivity index (χ0) is 9.97. The number of hydrogen-bond acceptors (Lipinski definition) is 5. The number of nitrogens with zero attached hydrogens (tertiary/aromatic N) is 1. The Hall–Kier alpha value is -1.36. The van der Waals surface area contributed by atoms with E-state index in [2.05, 4.69) is 5.16 Å². The summed E-state index contributed by atoms with van der Waals surface area (Å²) in [7, 11) is 0. The van der Waals surface area contributed by atoms with Crippen LogP contribution >= 0.6 is 11.8 Å². The number of thioether (sulfide) groups is 1. The van der Waals surface area contributed by atoms with E-state index in [1.807, 2.05) is 12.3 Å². The summed E-state index contributed by atoms with van der Waals surface area (Å²) in [6.07, 6.45) is 1.85. The van der Waals surface area contributed by atoms with Crippen molar-refractivity contribution in [3.05, 3.63) is 23.8 Å². The number of benzene rings is 1. The molecule has 0 atom stereocenters. The molecule has 0 bridgehead atoms. The van der Waals surface area contributed by atoms with E-state index < -0.39 is 0 Å². The van der Waals surface area contributed by atoms with Crippen molar-refractivity contribution >= 4 is 16.8 Å². The summed E-state index contributed by atoms with van der Waals surface area (Å²) in [4.78, 5) is 0. The van der Waals surface area contributed by atoms with Gasteiger partial charge in [-0.15, -0.1) is 11.8 Å². The molecule has 0 aromatic heterocycles. The van der Waals surface area contributed by atoms with Gasteiger partial charge >= 0.3 is 0 Å². The zero-order valence-corrected chi connectivity index (χ0v) is 8.37. The van der Waals surface area contributed by atoms with Gasteiger partial charge in [-0.3, -0.25) is 0 Å². The Balaban J connectivity index is 2.37. The fraction of sp³-hybridized carbons (Fsp3) is 0.222. The first kappa shape index (κ1) is 9.21. The molecular formula is C9H9NO3S. The Morgan fingerprint density at radius 1 is 1.43 bits per heavy atom. The highest BCUT2D eigenvalue weighted by molar-refractivity contribution is 8.13. The summed E-state index contributed by atoms with van der Waals surface area (Å²) in [6.45, 7) is 0.254. The lowest BCUT2D eigenvalue weighted by molar-refractivity contribution is 0.174. The second-order valence-electron chi connectivity index (χ2n) is 2.68. The predicted octanol–water partition coefficient (Wildman–Crippen LogP) is 1.91. The smallest absolute Gasteiger partial charge is 0.231 e. The Kier molecular flexibility index (Phi) is 2.49. The molecule has 74 valence electrons. The number of fused-ring (bicyclic) bond motifs is 1. The highest BCUT2D eigenvalue weighted by Gasteiger charge is 2.14. The van der Waals surface area contributed by atoms with E-state index in [1.54, 1.807) is 12.1 Å². The number of hydrogen-bond donors (Lipinski definition) is 1. The first-order chi connectivity index (χ1) is 6.85. The Labute approximate surface area is 85.5 Å². The highest BCUT2D eigenvalue weighted by Crippen LogP contribution is 2.33. The van der Waals surface area contributed by atoms with Gasteiger partial charge in [0, 0.05) is 5.56 Å². The van der Waals surface area contributed by atoms with E-state index >= 15 is 0 Å². The van der Waals surface area contributed by atoms with Crippen LogP contribution in [-0.2, 0) is 0 Å². The van der Waals surface area contributed by atoms with E-state index in [0.717, 1.165) is 11.3 Å². The molecule has 0 unspecified atom stereocenters. The van der Waals surface area contributed by atoms with E-state index in [9.17, 15) is 0 Å². The molecule has 14 heavy (non-hydrogen) atoms. The predicted molar refractivity (Wildman–Crippen MR) is 54.4 cm³/mol. The zero-order valence-electron chi connectivity index (χ0n) is 7.56. The molecule has 0 saturated heterocycles. The minimum atomic E-state index is 0.254. The maximum atomic E-state index is 8.72. The average Bonchev–Trinajstić information content (AvgIpc) is 2.66. The third-order valence-corrected chi connectivity index (χ3v) is 2.61. The van der Waals surface area contributed by atoms with E-state index in [4.69, 9.17) is 14.7 Å². The SMILES string of the molecule is CSC(=NO)c1ccc2c(c1)OCO2. The van der Waals surface area contributed by atoms with Crippen molar-refractivity contribution in [3.63, 3.8) is 0 Å². The fourth-order valence-electron chi connectivity index (χ4n) is 1.25. The van der Waals surface area contributed by atoms with Gasteiger partial charge in [0.15, 0.2) is 11.5 Å². The monoisotopic (exact) mass is 211 g/mol. The molecular weight excluding hydrogens is 202 g/mol. The molecule has 0 saturated carbocycles. The third-order valence-electron chi connectivity index (χ3n) is 1.90. The molecule has 1 heterocycles. The molecule has 2 rings (SSSR count). The number of ether oxygens (including phenoxy) is 2. The second-order valence-corrected chi connectivity index (χ2v) is 3.47. The van der Waals surface area contributed by atoms with Gasteiger partial charge in [-0.05, 0) is 24.5 Å². The third kappa shape index (κ3) is 1.50. The largest absolute Gasteiger partial charge is 0.454 e. The second kappa shape index (κ2) is 3.79. The van der Waals surface area contributed by atoms with E-state index in [0.29, 0.717) is 10.8 Å². The van der Waals surface area contributed by atoms with Crippen LogP contribution in [0.2, 0.25) is 0 Å². The summed E-state index contributed by atoms with van der Waals surface area (Å²) < 4.78 is 10.4. The number of rotatable bonds is 1. The van der Waals surface area contributed by atoms with E-state index in [-0.39, 0.29) is 6.79 Å². The average molecular weight is 211 g/mol. The van der Waals surface area contributed by atoms with Gasteiger partial charge in [-0.25, -0.2) is 0 Å². The van der Waals surface area contributed by atoms with Crippen molar-refractivity contribution in [2.75, 3.05) is 13.0 Å². The molecule has 0 spiro atoms. The molecule has 1 aromatic rings. The van der Waals surface area contributed by atoms with E-state index in [1.165, 1.54) is 11.8 Å². The molecule has 1 aliphatic heterocycles. The quantitative estimate of drug-likeness (QED) is 0.333. The molecule has 1 aromatic carbocycles. The van der Waals surface area contributed by atoms with Crippen LogP contribution in [-0.4, -0.2) is 23.3 Å². The summed E-state index contributed by atoms with van der Waals surface area (Å²) in [6, 6.07) is 5.44. The molecule has 4 nitrogen and oxygen atoms in total. The molecule has 0 aliphatic carbocycles. The highest BCUT2D eigenvalue weighted by atomic mass is 32.2. The first-order valence-corrected chi connectivity index (χ1v) is 5.23. The number of oxime groups is 1. The van der Waals surface area contributed by atoms with Crippen LogP contribution in [0.1, 0.15) is 5.56 Å². The lowest BCUT2D eigenvalue weighted by Crippen LogP contribution is -1.94. The summed E-state index contributed by atoms with van der Waals surface area (Å²) in [5.74, 6) is 1.42. The van der Waals surface area contributed by atoms with Crippen LogP contribution in [0, 0.1) is 0 Å². The minimum Gasteiger partial charge on any atom is -0.454 e. The van der Waals surface area contributed by atoms with Gasteiger partial charge in [0.1, 0.15) is 5.04 Å². The maximum absolute atomic E-state index is 8.72. The topological polar surface area (TPSA) is 51.1 Å². The van der Waals surface area contributed by atoms with Gasteiger partial charge in [-0.1, -0.05) is 5.16 Å². The summed E-state index contributed by atoms with van der Waals surface area (Å²) in [5, 5.41) is 12.5. The van der Waals surface area contributed by atoms with Crippen LogP contribution in [0.25, 0.3) is 0 Å².